The first-order chi connectivity index (χ1) is 4.47. The van der Waals surface area contributed by atoms with E-state index in [0.717, 1.165) is 8.19 Å². The molecule has 0 saturated carbocycles. The van der Waals surface area contributed by atoms with Gasteiger partial charge in [-0.3, -0.25) is 8.19 Å². The maximum atomic E-state index is 3.19. The van der Waals surface area contributed by atoms with Crippen LogP contribution in [0.5, 0.6) is 0 Å². The van der Waals surface area contributed by atoms with Crippen LogP contribution < -0.4 is 0 Å². The van der Waals surface area contributed by atoms with Gasteiger partial charge in [-0.05, 0) is 0 Å². The average Bonchev–Trinajstić information content (AvgIpc) is 2.33. The maximum Gasteiger partial charge on any atom is 0 e. The third kappa shape index (κ3) is 1.41. The normalized spacial score (nSPS) is 10.0. The molecule has 1 unspecified atom stereocenters. The van der Waals surface area contributed by atoms with Crippen LogP contribution in [0.4, 0.5) is 0 Å². The Hall–Kier alpha value is 0.143. The van der Waals surface area contributed by atoms with E-state index in [1.807, 2.05) is 0 Å². The molecule has 1 atom stereocenters. The van der Waals surface area contributed by atoms with E-state index in [4.69, 9.17) is 0 Å². The van der Waals surface area contributed by atoms with E-state index >= 15 is 0 Å². The summed E-state index contributed by atoms with van der Waals surface area (Å²) in [5, 5.41) is 2.77. The van der Waals surface area contributed by atoms with Crippen LogP contribution >= 0.6 is 8.19 Å². The zero-order valence-electron chi connectivity index (χ0n) is 5.39. The quantitative estimate of drug-likeness (QED) is 0.604. The van der Waals surface area contributed by atoms with Gasteiger partial charge in [0, 0.05) is 26.2 Å². The Morgan fingerprint density at radius 2 is 2.00 bits per heavy atom. The van der Waals surface area contributed by atoms with Crippen molar-refractivity contribution >= 4 is 18.7 Å². The van der Waals surface area contributed by atoms with Crippen LogP contribution in [0.25, 0.3) is 10.5 Å². The SMILES string of the molecule is [Zr].[c-]1cc2ccccc2[pH]1. The number of hydrogen-bond acceptors (Lipinski definition) is 0. The summed E-state index contributed by atoms with van der Waals surface area (Å²) >= 11 is 0. The zero-order chi connectivity index (χ0) is 6.10. The fraction of sp³-hybridized carbons (Fsp3) is 0. The van der Waals surface area contributed by atoms with E-state index in [9.17, 15) is 0 Å². The summed E-state index contributed by atoms with van der Waals surface area (Å²) in [4.78, 5) is 0. The van der Waals surface area contributed by atoms with Gasteiger partial charge in [0.1, 0.15) is 0 Å². The minimum Gasteiger partial charge on any atom is -0.264 e. The molecule has 0 aliphatic heterocycles. The molecule has 0 aliphatic rings. The van der Waals surface area contributed by atoms with Gasteiger partial charge in [-0.15, -0.1) is 12.1 Å². The van der Waals surface area contributed by atoms with E-state index in [1.165, 1.54) is 10.5 Å². The molecule has 1 aromatic carbocycles. The number of hydrogen-bond donors (Lipinski definition) is 0. The van der Waals surface area contributed by atoms with E-state index in [-0.39, 0.29) is 26.2 Å². The first-order valence-electron chi connectivity index (χ1n) is 2.90. The van der Waals surface area contributed by atoms with E-state index in [1.54, 1.807) is 0 Å². The van der Waals surface area contributed by atoms with Gasteiger partial charge in [0.05, 0.1) is 0 Å². The van der Waals surface area contributed by atoms with Gasteiger partial charge < -0.3 is 0 Å². The molecular weight excluding hydrogens is 218 g/mol. The molecule has 48 valence electrons. The minimum absolute atomic E-state index is 0. The van der Waals surface area contributed by atoms with Crippen molar-refractivity contribution in [2.75, 3.05) is 0 Å². The van der Waals surface area contributed by atoms with Gasteiger partial charge in [0.15, 0.2) is 0 Å². The minimum atomic E-state index is 0. The number of rotatable bonds is 0. The van der Waals surface area contributed by atoms with E-state index in [2.05, 4.69) is 36.1 Å². The summed E-state index contributed by atoms with van der Waals surface area (Å²) in [6.07, 6.45) is 0. The smallest absolute Gasteiger partial charge is 0 e. The van der Waals surface area contributed by atoms with E-state index in [0.29, 0.717) is 0 Å². The van der Waals surface area contributed by atoms with Gasteiger partial charge in [-0.25, -0.2) is 0 Å². The van der Waals surface area contributed by atoms with Crippen molar-refractivity contribution < 1.29 is 26.2 Å². The predicted molar refractivity (Wildman–Crippen MR) is 42.3 cm³/mol. The van der Waals surface area contributed by atoms with Crippen LogP contribution in [-0.2, 0) is 26.2 Å². The third-order valence-corrected chi connectivity index (χ3v) is 2.41. The fourth-order valence-corrected chi connectivity index (χ4v) is 1.79. The Balaban J connectivity index is 0.000000500. The van der Waals surface area contributed by atoms with Crippen LogP contribution in [0.1, 0.15) is 0 Å². The van der Waals surface area contributed by atoms with Crippen molar-refractivity contribution in [3.8, 4) is 0 Å². The molecule has 0 fully saturated rings. The molecule has 0 amide bonds. The van der Waals surface area contributed by atoms with Gasteiger partial charge in [-0.1, -0.05) is 12.1 Å². The summed E-state index contributed by atoms with van der Waals surface area (Å²) in [6.45, 7) is 0. The first kappa shape index (κ1) is 8.24. The fourth-order valence-electron chi connectivity index (χ4n) is 0.928. The van der Waals surface area contributed by atoms with Crippen molar-refractivity contribution in [1.29, 1.82) is 0 Å². The summed E-state index contributed by atoms with van der Waals surface area (Å²) in [6, 6.07) is 10.5. The maximum absolute atomic E-state index is 3.19. The Bertz CT molecular complexity index is 283. The van der Waals surface area contributed by atoms with Crippen LogP contribution in [-0.4, -0.2) is 0 Å². The summed E-state index contributed by atoms with van der Waals surface area (Å²) in [7, 11) is 0.774. The second kappa shape index (κ2) is 3.51. The topological polar surface area (TPSA) is 0 Å². The molecule has 0 saturated heterocycles. The van der Waals surface area contributed by atoms with Crippen molar-refractivity contribution in [1.82, 2.24) is 0 Å². The molecule has 0 aliphatic carbocycles. The Labute approximate surface area is 80.8 Å². The largest absolute Gasteiger partial charge is 0.264 e. The number of benzene rings is 1. The Kier molecular flexibility index (Phi) is 2.89. The monoisotopic (exact) mass is 223 g/mol. The van der Waals surface area contributed by atoms with Gasteiger partial charge in [0.25, 0.3) is 0 Å². The number of fused-ring (bicyclic) bond motifs is 1. The predicted octanol–water partition coefficient (Wildman–Crippen LogP) is 2.67. The molecule has 0 bridgehead atoms. The van der Waals surface area contributed by atoms with Crippen molar-refractivity contribution in [3.63, 3.8) is 0 Å². The second-order valence-corrected chi connectivity index (χ2v) is 3.08. The molecule has 0 N–H and O–H groups in total. The molecule has 2 aromatic rings. The molecule has 2 rings (SSSR count). The molecular formula is C8H6PZr-. The molecule has 0 radical (unpaired) electrons. The summed E-state index contributed by atoms with van der Waals surface area (Å²) in [5.74, 6) is 3.19. The molecule has 0 spiro atoms. The van der Waals surface area contributed by atoms with Crippen LogP contribution in [0.15, 0.2) is 30.3 Å². The average molecular weight is 224 g/mol. The van der Waals surface area contributed by atoms with Gasteiger partial charge in [-0.2, -0.15) is 22.4 Å². The molecule has 2 heteroatoms. The van der Waals surface area contributed by atoms with Gasteiger partial charge in [0.2, 0.25) is 0 Å². The van der Waals surface area contributed by atoms with Crippen molar-refractivity contribution in [3.05, 3.63) is 36.1 Å². The summed E-state index contributed by atoms with van der Waals surface area (Å²) < 4.78 is 0. The molecule has 10 heavy (non-hydrogen) atoms. The third-order valence-electron chi connectivity index (χ3n) is 1.40. The molecule has 1 aromatic heterocycles. The van der Waals surface area contributed by atoms with Crippen molar-refractivity contribution in [2.24, 2.45) is 0 Å². The van der Waals surface area contributed by atoms with Gasteiger partial charge >= 0.3 is 0 Å². The Morgan fingerprint density at radius 1 is 1.20 bits per heavy atom. The Morgan fingerprint density at radius 3 is 2.80 bits per heavy atom. The molecule has 0 nitrogen and oxygen atoms in total. The van der Waals surface area contributed by atoms with E-state index < -0.39 is 0 Å². The van der Waals surface area contributed by atoms with Crippen LogP contribution in [0.3, 0.4) is 0 Å². The zero-order valence-corrected chi connectivity index (χ0v) is 8.84. The standard InChI is InChI=1S/C8H6P.Zr/c1-2-4-8-7(3-1)5-6-9-8;/h1-5,9H;/q-1;. The summed E-state index contributed by atoms with van der Waals surface area (Å²) in [5.41, 5.74) is 0. The first-order valence-corrected chi connectivity index (χ1v) is 3.90. The van der Waals surface area contributed by atoms with Crippen molar-refractivity contribution in [2.45, 2.75) is 0 Å². The second-order valence-electron chi connectivity index (χ2n) is 2.00. The molecule has 1 heterocycles. The van der Waals surface area contributed by atoms with Crippen LogP contribution in [0.2, 0.25) is 0 Å². The van der Waals surface area contributed by atoms with Crippen LogP contribution in [0, 0.1) is 5.80 Å².